The minimum atomic E-state index is -0.612. The normalized spacial score (nSPS) is 16.7. The van der Waals surface area contributed by atoms with Crippen molar-refractivity contribution in [3.8, 4) is 0 Å². The predicted octanol–water partition coefficient (Wildman–Crippen LogP) is 2.94. The lowest BCUT2D eigenvalue weighted by molar-refractivity contribution is -0.145. The Hall–Kier alpha value is -1.79. The summed E-state index contributed by atoms with van der Waals surface area (Å²) in [5.74, 6) is -1.13. The van der Waals surface area contributed by atoms with Gasteiger partial charge < -0.3 is 4.74 Å². The smallest absolute Gasteiger partial charge is 0.326 e. The molecule has 1 aromatic rings. The van der Waals surface area contributed by atoms with Crippen LogP contribution in [0.25, 0.3) is 6.08 Å². The maximum atomic E-state index is 12.1. The van der Waals surface area contributed by atoms with Gasteiger partial charge in [-0.1, -0.05) is 29.8 Å². The van der Waals surface area contributed by atoms with E-state index in [9.17, 15) is 14.4 Å². The number of carbonyl (C=O) groups is 3. The molecule has 0 atom stereocenters. The summed E-state index contributed by atoms with van der Waals surface area (Å²) in [6.07, 6.45) is 1.54. The molecule has 0 aromatic heterocycles. The molecule has 1 aliphatic rings. The molecule has 1 aromatic carbocycles. The molecule has 0 bridgehead atoms. The van der Waals surface area contributed by atoms with Gasteiger partial charge in [0.15, 0.2) is 0 Å². The van der Waals surface area contributed by atoms with Crippen molar-refractivity contribution in [1.29, 1.82) is 0 Å². The number of ether oxygens (including phenoxy) is 1. The minimum Gasteiger partial charge on any atom is -0.465 e. The van der Waals surface area contributed by atoms with E-state index >= 15 is 0 Å². The van der Waals surface area contributed by atoms with Gasteiger partial charge >= 0.3 is 5.97 Å². The largest absolute Gasteiger partial charge is 0.465 e. The lowest BCUT2D eigenvalue weighted by Crippen LogP contribution is -2.34. The van der Waals surface area contributed by atoms with E-state index in [0.717, 1.165) is 16.7 Å². The van der Waals surface area contributed by atoms with Gasteiger partial charge in [0.05, 0.1) is 11.5 Å². The van der Waals surface area contributed by atoms with Crippen molar-refractivity contribution in [2.75, 3.05) is 13.2 Å². The van der Waals surface area contributed by atoms with E-state index in [-0.39, 0.29) is 18.1 Å². The summed E-state index contributed by atoms with van der Waals surface area (Å²) in [5.41, 5.74) is 0.640. The third-order valence-corrected chi connectivity index (χ3v) is 3.91. The molecule has 21 heavy (non-hydrogen) atoms. The first-order valence-electron chi connectivity index (χ1n) is 6.18. The summed E-state index contributed by atoms with van der Waals surface area (Å²) in [5, 5.41) is -0.0129. The van der Waals surface area contributed by atoms with Crippen LogP contribution in [0.3, 0.4) is 0 Å². The van der Waals surface area contributed by atoms with Crippen LogP contribution in [-0.2, 0) is 14.3 Å². The molecular formula is C14H12ClNO4S. The molecule has 0 N–H and O–H groups in total. The van der Waals surface area contributed by atoms with E-state index in [1.165, 1.54) is 0 Å². The lowest BCUT2D eigenvalue weighted by Gasteiger charge is -2.10. The van der Waals surface area contributed by atoms with Crippen LogP contribution in [-0.4, -0.2) is 35.2 Å². The van der Waals surface area contributed by atoms with Crippen LogP contribution >= 0.6 is 23.4 Å². The zero-order valence-corrected chi connectivity index (χ0v) is 12.7. The number of rotatable bonds is 4. The number of hydrogen-bond donors (Lipinski definition) is 0. The predicted molar refractivity (Wildman–Crippen MR) is 80.8 cm³/mol. The van der Waals surface area contributed by atoms with E-state index in [0.29, 0.717) is 10.6 Å². The molecule has 0 saturated carbocycles. The van der Waals surface area contributed by atoms with Gasteiger partial charge in [-0.25, -0.2) is 0 Å². The highest BCUT2D eigenvalue weighted by molar-refractivity contribution is 8.18. The SMILES string of the molecule is CCOC(=O)CN1C(=O)S/C(=C\c2ccccc2Cl)C1=O. The summed E-state index contributed by atoms with van der Waals surface area (Å²) in [4.78, 5) is 36.4. The monoisotopic (exact) mass is 325 g/mol. The van der Waals surface area contributed by atoms with Crippen LogP contribution in [0.2, 0.25) is 5.02 Å². The highest BCUT2D eigenvalue weighted by Crippen LogP contribution is 2.33. The van der Waals surface area contributed by atoms with Crippen LogP contribution in [0, 0.1) is 0 Å². The van der Waals surface area contributed by atoms with Gasteiger partial charge in [0, 0.05) is 5.02 Å². The average Bonchev–Trinajstić information content (AvgIpc) is 2.69. The standard InChI is InChI=1S/C14H12ClNO4S/c1-2-20-12(17)8-16-13(18)11(21-14(16)19)7-9-5-3-4-6-10(9)15/h3-7H,2,8H2,1H3/b11-7-. The van der Waals surface area contributed by atoms with E-state index in [1.54, 1.807) is 37.3 Å². The molecule has 5 nitrogen and oxygen atoms in total. The molecule has 1 aliphatic heterocycles. The second-order valence-electron chi connectivity index (χ2n) is 4.09. The Balaban J connectivity index is 2.18. The van der Waals surface area contributed by atoms with Gasteiger partial charge in [-0.15, -0.1) is 0 Å². The zero-order chi connectivity index (χ0) is 15.4. The topological polar surface area (TPSA) is 63.7 Å². The molecule has 1 fully saturated rings. The van der Waals surface area contributed by atoms with Crippen LogP contribution in [0.5, 0.6) is 0 Å². The van der Waals surface area contributed by atoms with Crippen LogP contribution < -0.4 is 0 Å². The van der Waals surface area contributed by atoms with Crippen molar-refractivity contribution in [3.05, 3.63) is 39.8 Å². The number of benzene rings is 1. The molecule has 2 amide bonds. The fraction of sp³-hybridized carbons (Fsp3) is 0.214. The first kappa shape index (κ1) is 15.6. The van der Waals surface area contributed by atoms with Gasteiger partial charge in [0.2, 0.25) is 0 Å². The molecule has 0 radical (unpaired) electrons. The maximum absolute atomic E-state index is 12.1. The quantitative estimate of drug-likeness (QED) is 0.629. The third-order valence-electron chi connectivity index (χ3n) is 2.66. The maximum Gasteiger partial charge on any atom is 0.326 e. The molecule has 0 unspecified atom stereocenters. The lowest BCUT2D eigenvalue weighted by atomic mass is 10.2. The molecule has 1 saturated heterocycles. The van der Waals surface area contributed by atoms with Crippen molar-refractivity contribution in [1.82, 2.24) is 4.90 Å². The number of carbonyl (C=O) groups excluding carboxylic acids is 3. The Morgan fingerprint density at radius 3 is 2.76 bits per heavy atom. The van der Waals surface area contributed by atoms with Crippen molar-refractivity contribution < 1.29 is 19.1 Å². The van der Waals surface area contributed by atoms with Gasteiger partial charge in [-0.05, 0) is 36.4 Å². The molecule has 0 aliphatic carbocycles. The van der Waals surface area contributed by atoms with E-state index in [4.69, 9.17) is 16.3 Å². The Morgan fingerprint density at radius 2 is 2.10 bits per heavy atom. The zero-order valence-electron chi connectivity index (χ0n) is 11.2. The molecule has 0 spiro atoms. The van der Waals surface area contributed by atoms with Crippen molar-refractivity contribution in [2.45, 2.75) is 6.92 Å². The number of esters is 1. The fourth-order valence-corrected chi connectivity index (χ4v) is 2.72. The van der Waals surface area contributed by atoms with Gasteiger partial charge in [-0.2, -0.15) is 0 Å². The van der Waals surface area contributed by atoms with E-state index < -0.39 is 17.1 Å². The number of imide groups is 1. The highest BCUT2D eigenvalue weighted by Gasteiger charge is 2.36. The van der Waals surface area contributed by atoms with Crippen molar-refractivity contribution >= 4 is 46.6 Å². The summed E-state index contributed by atoms with van der Waals surface area (Å²) in [7, 11) is 0. The minimum absolute atomic E-state index is 0.199. The van der Waals surface area contributed by atoms with E-state index in [2.05, 4.69) is 0 Å². The van der Waals surface area contributed by atoms with Gasteiger partial charge in [0.25, 0.3) is 11.1 Å². The van der Waals surface area contributed by atoms with Crippen molar-refractivity contribution in [3.63, 3.8) is 0 Å². The number of hydrogen-bond acceptors (Lipinski definition) is 5. The Labute approximate surface area is 130 Å². The fourth-order valence-electron chi connectivity index (χ4n) is 1.71. The van der Waals surface area contributed by atoms with Crippen molar-refractivity contribution in [2.24, 2.45) is 0 Å². The number of thioether (sulfide) groups is 1. The summed E-state index contributed by atoms with van der Waals surface area (Å²) in [6, 6.07) is 6.98. The first-order chi connectivity index (χ1) is 10.0. The highest BCUT2D eigenvalue weighted by atomic mass is 35.5. The van der Waals surface area contributed by atoms with Crippen LogP contribution in [0.1, 0.15) is 12.5 Å². The van der Waals surface area contributed by atoms with Crippen LogP contribution in [0.4, 0.5) is 4.79 Å². The molecule has 1 heterocycles. The summed E-state index contributed by atoms with van der Waals surface area (Å²) in [6.45, 7) is 1.48. The Morgan fingerprint density at radius 1 is 1.38 bits per heavy atom. The average molecular weight is 326 g/mol. The van der Waals surface area contributed by atoms with Gasteiger partial charge in [0.1, 0.15) is 6.54 Å². The second kappa shape index (κ2) is 6.78. The van der Waals surface area contributed by atoms with E-state index in [1.807, 2.05) is 0 Å². The third kappa shape index (κ3) is 3.65. The number of amides is 2. The summed E-state index contributed by atoms with van der Waals surface area (Å²) >= 11 is 6.79. The number of halogens is 1. The molecule has 110 valence electrons. The first-order valence-corrected chi connectivity index (χ1v) is 7.38. The second-order valence-corrected chi connectivity index (χ2v) is 5.49. The Kier molecular flexibility index (Phi) is 5.03. The number of nitrogens with zero attached hydrogens (tertiary/aromatic N) is 1. The Bertz CT molecular complexity index is 629. The van der Waals surface area contributed by atoms with Crippen LogP contribution in [0.15, 0.2) is 29.2 Å². The summed E-state index contributed by atoms with van der Waals surface area (Å²) < 4.78 is 4.74. The molecule has 7 heteroatoms. The van der Waals surface area contributed by atoms with Gasteiger partial charge in [-0.3, -0.25) is 19.3 Å². The molecular weight excluding hydrogens is 314 g/mol. The molecule has 2 rings (SSSR count).